The van der Waals surface area contributed by atoms with Crippen molar-refractivity contribution < 1.29 is 21.6 Å². The van der Waals surface area contributed by atoms with Crippen molar-refractivity contribution in [2.75, 3.05) is 24.7 Å². The second-order valence-electron chi connectivity index (χ2n) is 7.49. The van der Waals surface area contributed by atoms with Crippen LogP contribution in [0.25, 0.3) is 0 Å². The lowest BCUT2D eigenvalue weighted by atomic mass is 10.0. The lowest BCUT2D eigenvalue weighted by molar-refractivity contribution is 0.0877. The maximum atomic E-state index is 13.3. The molecule has 26 heavy (non-hydrogen) atoms. The monoisotopic (exact) mass is 401 g/mol. The Morgan fingerprint density at radius 1 is 1.19 bits per heavy atom. The fraction of sp³-hybridized carbons (Fsp3) is 0.667. The molecule has 0 aliphatic carbocycles. The molecule has 2 saturated heterocycles. The lowest BCUT2D eigenvalue weighted by Crippen LogP contribution is -2.45. The predicted octanol–water partition coefficient (Wildman–Crippen LogP) is 2.17. The van der Waals surface area contributed by atoms with Crippen LogP contribution >= 0.6 is 0 Å². The van der Waals surface area contributed by atoms with Gasteiger partial charge in [0, 0.05) is 19.2 Å². The maximum absolute atomic E-state index is 13.3. The molecular formula is C18H27NO5S2. The van der Waals surface area contributed by atoms with Crippen molar-refractivity contribution in [2.24, 2.45) is 0 Å². The van der Waals surface area contributed by atoms with E-state index in [0.717, 1.165) is 18.4 Å². The topological polar surface area (TPSA) is 80.8 Å². The molecule has 0 bridgehead atoms. The van der Waals surface area contributed by atoms with E-state index in [1.54, 1.807) is 12.1 Å². The zero-order valence-corrected chi connectivity index (χ0v) is 16.9. The molecule has 1 aromatic carbocycles. The fourth-order valence-electron chi connectivity index (χ4n) is 3.60. The summed E-state index contributed by atoms with van der Waals surface area (Å²) in [7, 11) is -6.96. The number of hydrogen-bond acceptors (Lipinski definition) is 5. The maximum Gasteiger partial charge on any atom is 0.243 e. The molecule has 8 heteroatoms. The summed E-state index contributed by atoms with van der Waals surface area (Å²) in [4.78, 5) is 0.212. The summed E-state index contributed by atoms with van der Waals surface area (Å²) in [5.74, 6) is 0.250. The SMILES string of the molecule is CC(C)c1ccc(S(=O)(=O)N(C[C@@H]2CCCO2)[C@@H]2CCS(=O)(=O)C2)cc1. The normalized spacial score (nSPS) is 26.0. The highest BCUT2D eigenvalue weighted by molar-refractivity contribution is 7.92. The van der Waals surface area contributed by atoms with E-state index in [4.69, 9.17) is 4.74 Å². The van der Waals surface area contributed by atoms with Gasteiger partial charge in [-0.05, 0) is 42.9 Å². The molecule has 6 nitrogen and oxygen atoms in total. The summed E-state index contributed by atoms with van der Waals surface area (Å²) in [6.45, 7) is 4.95. The Balaban J connectivity index is 1.90. The molecule has 2 atom stereocenters. The summed E-state index contributed by atoms with van der Waals surface area (Å²) in [5, 5.41) is 0. The van der Waals surface area contributed by atoms with Gasteiger partial charge < -0.3 is 4.74 Å². The zero-order chi connectivity index (χ0) is 18.9. The summed E-state index contributed by atoms with van der Waals surface area (Å²) >= 11 is 0. The van der Waals surface area contributed by atoms with E-state index in [9.17, 15) is 16.8 Å². The van der Waals surface area contributed by atoms with E-state index < -0.39 is 25.9 Å². The molecule has 2 aliphatic heterocycles. The molecule has 1 aromatic rings. The van der Waals surface area contributed by atoms with Crippen LogP contribution in [0.4, 0.5) is 0 Å². The third-order valence-corrected chi connectivity index (χ3v) is 8.86. The van der Waals surface area contributed by atoms with Gasteiger partial charge in [-0.15, -0.1) is 0 Å². The average Bonchev–Trinajstić information content (AvgIpc) is 3.21. The Bertz CT molecular complexity index is 825. The number of rotatable bonds is 6. The van der Waals surface area contributed by atoms with Gasteiger partial charge in [-0.2, -0.15) is 4.31 Å². The van der Waals surface area contributed by atoms with Gasteiger partial charge in [0.2, 0.25) is 10.0 Å². The summed E-state index contributed by atoms with van der Waals surface area (Å²) in [6, 6.07) is 6.38. The first-order valence-corrected chi connectivity index (χ1v) is 12.4. The van der Waals surface area contributed by atoms with E-state index in [1.165, 1.54) is 4.31 Å². The van der Waals surface area contributed by atoms with Crippen LogP contribution in [-0.2, 0) is 24.6 Å². The summed E-state index contributed by atoms with van der Waals surface area (Å²) in [6.07, 6.45) is 1.89. The Labute approximate surface area is 156 Å². The number of sulfonamides is 1. The highest BCUT2D eigenvalue weighted by atomic mass is 32.2. The summed E-state index contributed by atoms with van der Waals surface area (Å²) in [5.41, 5.74) is 1.07. The fourth-order valence-corrected chi connectivity index (χ4v) is 7.11. The molecule has 0 spiro atoms. The average molecular weight is 402 g/mol. The van der Waals surface area contributed by atoms with Crippen LogP contribution in [-0.4, -0.2) is 57.9 Å². The molecule has 0 unspecified atom stereocenters. The van der Waals surface area contributed by atoms with Crippen LogP contribution in [0.15, 0.2) is 29.2 Å². The minimum absolute atomic E-state index is 0.0432. The molecule has 2 aliphatic rings. The standard InChI is InChI=1S/C18H27NO5S2/c1-14(2)15-5-7-18(8-6-15)26(22,23)19(12-17-4-3-10-24-17)16-9-11-25(20,21)13-16/h5-8,14,16-17H,3-4,9-13H2,1-2H3/t16-,17+/m1/s1. The largest absolute Gasteiger partial charge is 0.377 e. The first kappa shape index (κ1) is 19.8. The van der Waals surface area contributed by atoms with Crippen molar-refractivity contribution in [1.82, 2.24) is 4.31 Å². The first-order chi connectivity index (χ1) is 12.2. The van der Waals surface area contributed by atoms with Gasteiger partial charge in [0.1, 0.15) is 0 Å². The third-order valence-electron chi connectivity index (χ3n) is 5.18. The van der Waals surface area contributed by atoms with Gasteiger partial charge in [-0.25, -0.2) is 16.8 Å². The third kappa shape index (κ3) is 4.30. The first-order valence-electron chi connectivity index (χ1n) is 9.13. The molecule has 0 aromatic heterocycles. The van der Waals surface area contributed by atoms with Gasteiger partial charge in [-0.1, -0.05) is 26.0 Å². The number of ether oxygens (including phenoxy) is 1. The van der Waals surface area contributed by atoms with E-state index in [2.05, 4.69) is 13.8 Å². The number of sulfone groups is 1. The van der Waals surface area contributed by atoms with Crippen LogP contribution < -0.4 is 0 Å². The molecule has 3 rings (SSSR count). The minimum Gasteiger partial charge on any atom is -0.377 e. The lowest BCUT2D eigenvalue weighted by Gasteiger charge is -2.29. The molecule has 146 valence electrons. The smallest absolute Gasteiger partial charge is 0.243 e. The molecule has 0 radical (unpaired) electrons. The molecular weight excluding hydrogens is 374 g/mol. The van der Waals surface area contributed by atoms with Crippen LogP contribution in [0.2, 0.25) is 0 Å². The molecule has 2 fully saturated rings. The van der Waals surface area contributed by atoms with Crippen LogP contribution in [0.5, 0.6) is 0 Å². The van der Waals surface area contributed by atoms with Crippen molar-refractivity contribution in [3.05, 3.63) is 29.8 Å². The summed E-state index contributed by atoms with van der Waals surface area (Å²) < 4.78 is 57.4. The highest BCUT2D eigenvalue weighted by Crippen LogP contribution is 2.28. The van der Waals surface area contributed by atoms with E-state index in [-0.39, 0.29) is 29.0 Å². The minimum atomic E-state index is -3.78. The number of hydrogen-bond donors (Lipinski definition) is 0. The van der Waals surface area contributed by atoms with Crippen LogP contribution in [0.1, 0.15) is 44.6 Å². The number of nitrogens with zero attached hydrogens (tertiary/aromatic N) is 1. The second-order valence-corrected chi connectivity index (χ2v) is 11.6. The second kappa shape index (κ2) is 7.58. The quantitative estimate of drug-likeness (QED) is 0.730. The predicted molar refractivity (Wildman–Crippen MR) is 100 cm³/mol. The van der Waals surface area contributed by atoms with Gasteiger partial charge in [0.15, 0.2) is 9.84 Å². The Hall–Kier alpha value is -0.960. The van der Waals surface area contributed by atoms with Gasteiger partial charge in [0.05, 0.1) is 22.5 Å². The van der Waals surface area contributed by atoms with Crippen molar-refractivity contribution >= 4 is 19.9 Å². The number of benzene rings is 1. The Kier molecular flexibility index (Phi) is 5.77. The van der Waals surface area contributed by atoms with Crippen molar-refractivity contribution in [3.63, 3.8) is 0 Å². The highest BCUT2D eigenvalue weighted by Gasteiger charge is 2.40. The van der Waals surface area contributed by atoms with E-state index in [0.29, 0.717) is 18.9 Å². The Morgan fingerprint density at radius 3 is 2.38 bits per heavy atom. The van der Waals surface area contributed by atoms with E-state index >= 15 is 0 Å². The molecule has 2 heterocycles. The van der Waals surface area contributed by atoms with Crippen molar-refractivity contribution in [1.29, 1.82) is 0 Å². The van der Waals surface area contributed by atoms with Crippen molar-refractivity contribution in [2.45, 2.75) is 56.1 Å². The zero-order valence-electron chi connectivity index (χ0n) is 15.3. The van der Waals surface area contributed by atoms with Gasteiger partial charge in [-0.3, -0.25) is 0 Å². The van der Waals surface area contributed by atoms with E-state index in [1.807, 2.05) is 12.1 Å². The van der Waals surface area contributed by atoms with Crippen LogP contribution in [0, 0.1) is 0 Å². The molecule has 0 amide bonds. The molecule has 0 saturated carbocycles. The van der Waals surface area contributed by atoms with Crippen LogP contribution in [0.3, 0.4) is 0 Å². The Morgan fingerprint density at radius 2 is 1.88 bits per heavy atom. The van der Waals surface area contributed by atoms with Gasteiger partial charge in [0.25, 0.3) is 0 Å². The van der Waals surface area contributed by atoms with Gasteiger partial charge >= 0.3 is 0 Å². The molecule has 0 N–H and O–H groups in total. The van der Waals surface area contributed by atoms with Crippen molar-refractivity contribution in [3.8, 4) is 0 Å².